The molecule has 0 radical (unpaired) electrons. The fraction of sp³-hybridized carbons (Fsp3) is 0. The Kier molecular flexibility index (Phi) is 1.96. The first-order valence-electron chi connectivity index (χ1n) is 4.76. The van der Waals surface area contributed by atoms with Crippen molar-refractivity contribution in [3.63, 3.8) is 0 Å². The van der Waals surface area contributed by atoms with Gasteiger partial charge in [-0.15, -0.1) is 0 Å². The van der Waals surface area contributed by atoms with Crippen LogP contribution in [-0.4, -0.2) is 29.9 Å². The van der Waals surface area contributed by atoms with Gasteiger partial charge in [0, 0.05) is 31.0 Å². The second kappa shape index (κ2) is 3.58. The Hall–Kier alpha value is -2.50. The average Bonchev–Trinajstić information content (AvgIpc) is 3.03. The van der Waals surface area contributed by atoms with E-state index in [0.717, 1.165) is 11.5 Å². The lowest BCUT2D eigenvalue weighted by molar-refractivity contribution is 1.11. The van der Waals surface area contributed by atoms with Gasteiger partial charge in [-0.2, -0.15) is 0 Å². The van der Waals surface area contributed by atoms with Gasteiger partial charge in [0.25, 0.3) is 0 Å². The quantitative estimate of drug-likeness (QED) is 0.669. The summed E-state index contributed by atoms with van der Waals surface area (Å²) in [5.74, 6) is 1.92. The lowest BCUT2D eigenvalue weighted by Gasteiger charge is -1.98. The molecule has 3 heterocycles. The molecular weight excluding hydrogens is 204 g/mol. The number of nitrogens with one attached hydrogen (secondary N) is 2. The minimum absolute atomic E-state index is 0.555. The molecule has 78 valence electrons. The van der Waals surface area contributed by atoms with Crippen molar-refractivity contribution in [3.8, 4) is 23.2 Å². The van der Waals surface area contributed by atoms with Gasteiger partial charge in [-0.05, 0) is 6.07 Å². The molecule has 2 N–H and O–H groups in total. The van der Waals surface area contributed by atoms with Gasteiger partial charge in [-0.3, -0.25) is 0 Å². The van der Waals surface area contributed by atoms with Gasteiger partial charge in [0.15, 0.2) is 17.5 Å². The predicted molar refractivity (Wildman–Crippen MR) is 57.2 cm³/mol. The van der Waals surface area contributed by atoms with Gasteiger partial charge in [0.05, 0.1) is 0 Å². The molecule has 0 atom stereocenters. The molecule has 0 aliphatic carbocycles. The highest BCUT2D eigenvalue weighted by Gasteiger charge is 2.06. The molecule has 3 aromatic heterocycles. The highest BCUT2D eigenvalue weighted by Crippen LogP contribution is 2.14. The second-order valence-corrected chi connectivity index (χ2v) is 3.14. The summed E-state index contributed by atoms with van der Waals surface area (Å²) in [4.78, 5) is 22.7. The normalized spacial score (nSPS) is 10.5. The van der Waals surface area contributed by atoms with Crippen LogP contribution in [0.1, 0.15) is 0 Å². The SMILES string of the molecule is c1cc(-c2ncc[nH]2)nc(-c2ncc[nH]2)n1. The lowest BCUT2D eigenvalue weighted by atomic mass is 10.4. The molecule has 0 amide bonds. The van der Waals surface area contributed by atoms with Crippen molar-refractivity contribution in [1.82, 2.24) is 29.9 Å². The van der Waals surface area contributed by atoms with Crippen LogP contribution in [0.5, 0.6) is 0 Å². The smallest absolute Gasteiger partial charge is 0.196 e. The van der Waals surface area contributed by atoms with Crippen molar-refractivity contribution in [2.24, 2.45) is 0 Å². The molecule has 3 aromatic rings. The van der Waals surface area contributed by atoms with Gasteiger partial charge in [-0.25, -0.2) is 19.9 Å². The topological polar surface area (TPSA) is 83.1 Å². The zero-order chi connectivity index (χ0) is 10.8. The molecule has 0 bridgehead atoms. The molecule has 0 saturated carbocycles. The summed E-state index contributed by atoms with van der Waals surface area (Å²) < 4.78 is 0. The van der Waals surface area contributed by atoms with E-state index in [1.807, 2.05) is 0 Å². The number of aromatic amines is 2. The molecule has 0 fully saturated rings. The standard InChI is InChI=1S/C10H8N6/c1-2-11-10(9-14-5-6-15-9)16-7(1)8-12-3-4-13-8/h1-6H,(H,12,13)(H,14,15). The minimum atomic E-state index is 0.555. The van der Waals surface area contributed by atoms with Crippen molar-refractivity contribution in [1.29, 1.82) is 0 Å². The predicted octanol–water partition coefficient (Wildman–Crippen LogP) is 1.26. The average molecular weight is 212 g/mol. The molecule has 0 unspecified atom stereocenters. The van der Waals surface area contributed by atoms with E-state index < -0.39 is 0 Å². The number of hydrogen-bond acceptors (Lipinski definition) is 4. The van der Waals surface area contributed by atoms with E-state index in [2.05, 4.69) is 29.9 Å². The van der Waals surface area contributed by atoms with E-state index in [-0.39, 0.29) is 0 Å². The van der Waals surface area contributed by atoms with Crippen LogP contribution >= 0.6 is 0 Å². The number of rotatable bonds is 2. The van der Waals surface area contributed by atoms with Crippen molar-refractivity contribution >= 4 is 0 Å². The van der Waals surface area contributed by atoms with Crippen LogP contribution in [0, 0.1) is 0 Å². The highest BCUT2D eigenvalue weighted by atomic mass is 15.0. The molecule has 6 nitrogen and oxygen atoms in total. The number of hydrogen-bond donors (Lipinski definition) is 2. The summed E-state index contributed by atoms with van der Waals surface area (Å²) in [6.45, 7) is 0. The van der Waals surface area contributed by atoms with E-state index in [4.69, 9.17) is 0 Å². The maximum Gasteiger partial charge on any atom is 0.196 e. The van der Waals surface area contributed by atoms with E-state index in [1.165, 1.54) is 0 Å². The number of aromatic nitrogens is 6. The van der Waals surface area contributed by atoms with Gasteiger partial charge < -0.3 is 9.97 Å². The van der Waals surface area contributed by atoms with Gasteiger partial charge in [0.2, 0.25) is 0 Å². The van der Waals surface area contributed by atoms with Crippen molar-refractivity contribution in [3.05, 3.63) is 37.1 Å². The summed E-state index contributed by atoms with van der Waals surface area (Å²) in [6, 6.07) is 1.80. The van der Waals surface area contributed by atoms with E-state index in [1.54, 1.807) is 37.1 Å². The van der Waals surface area contributed by atoms with E-state index >= 15 is 0 Å². The Morgan fingerprint density at radius 2 is 1.56 bits per heavy atom. The van der Waals surface area contributed by atoms with Crippen LogP contribution in [-0.2, 0) is 0 Å². The van der Waals surface area contributed by atoms with Crippen LogP contribution < -0.4 is 0 Å². The monoisotopic (exact) mass is 212 g/mol. The third-order valence-corrected chi connectivity index (χ3v) is 2.11. The van der Waals surface area contributed by atoms with Crippen molar-refractivity contribution < 1.29 is 0 Å². The van der Waals surface area contributed by atoms with Crippen LogP contribution in [0.2, 0.25) is 0 Å². The maximum atomic E-state index is 4.36. The highest BCUT2D eigenvalue weighted by molar-refractivity contribution is 5.53. The fourth-order valence-electron chi connectivity index (χ4n) is 1.40. The molecule has 0 saturated heterocycles. The zero-order valence-electron chi connectivity index (χ0n) is 8.25. The minimum Gasteiger partial charge on any atom is -0.343 e. The Balaban J connectivity index is 2.07. The maximum absolute atomic E-state index is 4.36. The second-order valence-electron chi connectivity index (χ2n) is 3.14. The van der Waals surface area contributed by atoms with Crippen molar-refractivity contribution in [2.45, 2.75) is 0 Å². The van der Waals surface area contributed by atoms with Gasteiger partial charge in [0.1, 0.15) is 5.69 Å². The number of nitrogens with zero attached hydrogens (tertiary/aromatic N) is 4. The number of imidazole rings is 2. The van der Waals surface area contributed by atoms with Crippen LogP contribution in [0.4, 0.5) is 0 Å². The molecular formula is C10H8N6. The third kappa shape index (κ3) is 1.46. The van der Waals surface area contributed by atoms with Crippen LogP contribution in [0.25, 0.3) is 23.2 Å². The molecule has 6 heteroatoms. The first-order valence-corrected chi connectivity index (χ1v) is 4.76. The summed E-state index contributed by atoms with van der Waals surface area (Å²) in [5, 5.41) is 0. The first kappa shape index (κ1) is 8.78. The van der Waals surface area contributed by atoms with E-state index in [9.17, 15) is 0 Å². The first-order chi connectivity index (χ1) is 7.93. The molecule has 0 aromatic carbocycles. The lowest BCUT2D eigenvalue weighted by Crippen LogP contribution is -1.93. The largest absolute Gasteiger partial charge is 0.343 e. The molecule has 0 aliphatic heterocycles. The van der Waals surface area contributed by atoms with Gasteiger partial charge >= 0.3 is 0 Å². The Morgan fingerprint density at radius 1 is 0.812 bits per heavy atom. The van der Waals surface area contributed by atoms with Crippen LogP contribution in [0.3, 0.4) is 0 Å². The summed E-state index contributed by atoms with van der Waals surface area (Å²) in [6.07, 6.45) is 8.52. The van der Waals surface area contributed by atoms with Gasteiger partial charge in [-0.1, -0.05) is 0 Å². The van der Waals surface area contributed by atoms with Crippen LogP contribution in [0.15, 0.2) is 37.1 Å². The zero-order valence-corrected chi connectivity index (χ0v) is 8.25. The molecule has 3 rings (SSSR count). The number of H-pyrrole nitrogens is 2. The Labute approximate surface area is 90.8 Å². The molecule has 0 spiro atoms. The summed E-state index contributed by atoms with van der Waals surface area (Å²) in [7, 11) is 0. The Morgan fingerprint density at radius 3 is 2.25 bits per heavy atom. The third-order valence-electron chi connectivity index (χ3n) is 2.11. The fourth-order valence-corrected chi connectivity index (χ4v) is 1.40. The molecule has 0 aliphatic rings. The summed E-state index contributed by atoms with van der Waals surface area (Å²) >= 11 is 0. The Bertz CT molecular complexity index is 520. The van der Waals surface area contributed by atoms with E-state index in [0.29, 0.717) is 11.6 Å². The molecule has 16 heavy (non-hydrogen) atoms. The summed E-state index contributed by atoms with van der Waals surface area (Å²) in [5.41, 5.74) is 0.742. The van der Waals surface area contributed by atoms with Crippen molar-refractivity contribution in [2.75, 3.05) is 0 Å².